The highest BCUT2D eigenvalue weighted by molar-refractivity contribution is 6.12. The largest absolute Gasteiger partial charge is 0.456 e. The fraction of sp³-hybridized carbons (Fsp3) is 0. The summed E-state index contributed by atoms with van der Waals surface area (Å²) in [6, 6.07) is 56.4. The molecule has 0 saturated carbocycles. The van der Waals surface area contributed by atoms with E-state index in [9.17, 15) is 0 Å². The Morgan fingerprint density at radius 2 is 0.872 bits per heavy atom. The third kappa shape index (κ3) is 4.93. The van der Waals surface area contributed by atoms with Gasteiger partial charge in [-0.15, -0.1) is 0 Å². The number of para-hydroxylation sites is 1. The maximum atomic E-state index is 6.19. The number of rotatable bonds is 5. The smallest absolute Gasteiger partial charge is 0.164 e. The zero-order valence-electron chi connectivity index (χ0n) is 25.3. The van der Waals surface area contributed by atoms with Gasteiger partial charge in [-0.2, -0.15) is 0 Å². The third-order valence-corrected chi connectivity index (χ3v) is 8.71. The second-order valence-electron chi connectivity index (χ2n) is 11.7. The molecular weight excluding hydrogens is 574 g/mol. The molecular formula is C43H27N3O. The molecule has 0 aliphatic rings. The van der Waals surface area contributed by atoms with Crippen LogP contribution in [0.5, 0.6) is 0 Å². The topological polar surface area (TPSA) is 51.8 Å². The van der Waals surface area contributed by atoms with Gasteiger partial charge in [0.15, 0.2) is 17.5 Å². The van der Waals surface area contributed by atoms with Gasteiger partial charge in [-0.1, -0.05) is 133 Å². The van der Waals surface area contributed by atoms with Gasteiger partial charge in [0.1, 0.15) is 11.2 Å². The highest BCUT2D eigenvalue weighted by Crippen LogP contribution is 2.38. The Balaban J connectivity index is 1.17. The molecule has 0 saturated heterocycles. The molecule has 4 nitrogen and oxygen atoms in total. The summed E-state index contributed by atoms with van der Waals surface area (Å²) in [5.41, 5.74) is 9.13. The lowest BCUT2D eigenvalue weighted by molar-refractivity contribution is 0.669. The van der Waals surface area contributed by atoms with E-state index in [0.29, 0.717) is 17.5 Å². The van der Waals surface area contributed by atoms with E-state index in [0.717, 1.165) is 55.1 Å². The van der Waals surface area contributed by atoms with Gasteiger partial charge in [0, 0.05) is 27.5 Å². The summed E-state index contributed by atoms with van der Waals surface area (Å²) >= 11 is 0. The molecule has 47 heavy (non-hydrogen) atoms. The van der Waals surface area contributed by atoms with E-state index >= 15 is 0 Å². The SMILES string of the molecule is c1ccc(-c2ccc3cc(-c4nc(-c5ccccc5)nc(-c5cccc(-c6cccc7oc8ccccc8c67)c5)n4)ccc3c2)cc1. The zero-order chi connectivity index (χ0) is 31.2. The van der Waals surface area contributed by atoms with Crippen LogP contribution < -0.4 is 0 Å². The Kier molecular flexibility index (Phi) is 6.43. The van der Waals surface area contributed by atoms with Crippen LogP contribution in [0.25, 0.3) is 89.1 Å². The van der Waals surface area contributed by atoms with Crippen LogP contribution in [0.1, 0.15) is 0 Å². The van der Waals surface area contributed by atoms with Crippen molar-refractivity contribution in [2.75, 3.05) is 0 Å². The second-order valence-corrected chi connectivity index (χ2v) is 11.7. The quantitative estimate of drug-likeness (QED) is 0.197. The first kappa shape index (κ1) is 27.0. The number of nitrogens with zero attached hydrogens (tertiary/aromatic N) is 3. The average Bonchev–Trinajstić information content (AvgIpc) is 3.54. The molecule has 4 heteroatoms. The lowest BCUT2D eigenvalue weighted by Gasteiger charge is -2.11. The van der Waals surface area contributed by atoms with Crippen LogP contribution in [-0.4, -0.2) is 15.0 Å². The number of hydrogen-bond acceptors (Lipinski definition) is 4. The highest BCUT2D eigenvalue weighted by atomic mass is 16.3. The number of aromatic nitrogens is 3. The van der Waals surface area contributed by atoms with Crippen molar-refractivity contribution in [2.24, 2.45) is 0 Å². The van der Waals surface area contributed by atoms with E-state index in [-0.39, 0.29) is 0 Å². The van der Waals surface area contributed by atoms with Crippen LogP contribution in [0.2, 0.25) is 0 Å². The van der Waals surface area contributed by atoms with E-state index < -0.39 is 0 Å². The van der Waals surface area contributed by atoms with Crippen LogP contribution in [-0.2, 0) is 0 Å². The molecule has 2 heterocycles. The lowest BCUT2D eigenvalue weighted by atomic mass is 9.97. The Hall–Kier alpha value is -6.39. The molecule has 9 rings (SSSR count). The summed E-state index contributed by atoms with van der Waals surface area (Å²) in [5, 5.41) is 4.51. The third-order valence-electron chi connectivity index (χ3n) is 8.71. The molecule has 220 valence electrons. The molecule has 0 fully saturated rings. The van der Waals surface area contributed by atoms with Gasteiger partial charge in [-0.3, -0.25) is 0 Å². The Morgan fingerprint density at radius 1 is 0.340 bits per heavy atom. The molecule has 2 aromatic heterocycles. The highest BCUT2D eigenvalue weighted by Gasteiger charge is 2.16. The molecule has 0 spiro atoms. The van der Waals surface area contributed by atoms with Gasteiger partial charge < -0.3 is 4.42 Å². The molecule has 0 amide bonds. The summed E-state index contributed by atoms with van der Waals surface area (Å²) in [6.07, 6.45) is 0. The van der Waals surface area contributed by atoms with Crippen molar-refractivity contribution < 1.29 is 4.42 Å². The first-order chi connectivity index (χ1) is 23.3. The predicted molar refractivity (Wildman–Crippen MR) is 192 cm³/mol. The van der Waals surface area contributed by atoms with Crippen LogP contribution in [0, 0.1) is 0 Å². The standard InChI is InChI=1S/C43H27N3O/c1-3-11-28(12-4-1)30-21-22-32-26-35(24-23-31(32)25-30)43-45-41(29-13-5-2-6-14-29)44-42(46-43)34-16-9-15-33(27-34)36-18-10-20-39-40(36)37-17-7-8-19-38(37)47-39/h1-27H. The van der Waals surface area contributed by atoms with Crippen molar-refractivity contribution in [2.45, 2.75) is 0 Å². The number of benzene rings is 7. The van der Waals surface area contributed by atoms with E-state index in [1.807, 2.05) is 60.7 Å². The Labute approximate surface area is 271 Å². The Morgan fingerprint density at radius 3 is 1.64 bits per heavy atom. The zero-order valence-corrected chi connectivity index (χ0v) is 25.3. The second kappa shape index (κ2) is 11.2. The fourth-order valence-electron chi connectivity index (χ4n) is 6.39. The fourth-order valence-corrected chi connectivity index (χ4v) is 6.39. The maximum Gasteiger partial charge on any atom is 0.164 e. The average molecular weight is 602 g/mol. The van der Waals surface area contributed by atoms with E-state index in [1.165, 1.54) is 16.5 Å². The molecule has 0 aliphatic carbocycles. The number of fused-ring (bicyclic) bond motifs is 4. The minimum atomic E-state index is 0.624. The van der Waals surface area contributed by atoms with E-state index in [4.69, 9.17) is 19.4 Å². The predicted octanol–water partition coefficient (Wildman–Crippen LogP) is 11.3. The van der Waals surface area contributed by atoms with Gasteiger partial charge in [0.05, 0.1) is 0 Å². The first-order valence-corrected chi connectivity index (χ1v) is 15.7. The Bertz CT molecular complexity index is 2570. The minimum absolute atomic E-state index is 0.624. The van der Waals surface area contributed by atoms with Crippen molar-refractivity contribution in [3.8, 4) is 56.4 Å². The molecule has 0 N–H and O–H groups in total. The summed E-state index contributed by atoms with van der Waals surface area (Å²) in [4.78, 5) is 15.1. The van der Waals surface area contributed by atoms with Crippen LogP contribution in [0.4, 0.5) is 0 Å². The summed E-state index contributed by atoms with van der Waals surface area (Å²) in [7, 11) is 0. The normalized spacial score (nSPS) is 11.4. The number of furan rings is 1. The van der Waals surface area contributed by atoms with Gasteiger partial charge in [-0.25, -0.2) is 15.0 Å². The molecule has 0 aliphatic heterocycles. The molecule has 0 radical (unpaired) electrons. The minimum Gasteiger partial charge on any atom is -0.456 e. The van der Waals surface area contributed by atoms with E-state index in [2.05, 4.69) is 103 Å². The van der Waals surface area contributed by atoms with Crippen LogP contribution >= 0.6 is 0 Å². The van der Waals surface area contributed by atoms with Crippen molar-refractivity contribution in [1.29, 1.82) is 0 Å². The summed E-state index contributed by atoms with van der Waals surface area (Å²) in [5.74, 6) is 1.90. The summed E-state index contributed by atoms with van der Waals surface area (Å²) < 4.78 is 6.19. The van der Waals surface area contributed by atoms with E-state index in [1.54, 1.807) is 0 Å². The monoisotopic (exact) mass is 601 g/mol. The van der Waals surface area contributed by atoms with Gasteiger partial charge >= 0.3 is 0 Å². The van der Waals surface area contributed by atoms with Crippen molar-refractivity contribution in [3.63, 3.8) is 0 Å². The van der Waals surface area contributed by atoms with Crippen molar-refractivity contribution in [1.82, 2.24) is 15.0 Å². The van der Waals surface area contributed by atoms with Crippen LogP contribution in [0.3, 0.4) is 0 Å². The molecule has 9 aromatic rings. The van der Waals surface area contributed by atoms with Crippen LogP contribution in [0.15, 0.2) is 168 Å². The van der Waals surface area contributed by atoms with Gasteiger partial charge in [0.25, 0.3) is 0 Å². The molecule has 0 atom stereocenters. The number of hydrogen-bond donors (Lipinski definition) is 0. The van der Waals surface area contributed by atoms with Crippen molar-refractivity contribution >= 4 is 32.7 Å². The molecule has 7 aromatic carbocycles. The molecule has 0 bridgehead atoms. The summed E-state index contributed by atoms with van der Waals surface area (Å²) in [6.45, 7) is 0. The maximum absolute atomic E-state index is 6.19. The van der Waals surface area contributed by atoms with Gasteiger partial charge in [0.2, 0.25) is 0 Å². The van der Waals surface area contributed by atoms with Gasteiger partial charge in [-0.05, 0) is 63.4 Å². The van der Waals surface area contributed by atoms with Crippen molar-refractivity contribution in [3.05, 3.63) is 164 Å². The lowest BCUT2D eigenvalue weighted by Crippen LogP contribution is -2.00. The first-order valence-electron chi connectivity index (χ1n) is 15.7. The molecule has 0 unspecified atom stereocenters.